The van der Waals surface area contributed by atoms with Crippen LogP contribution in [0, 0.1) is 17.0 Å². The van der Waals surface area contributed by atoms with Crippen LogP contribution in [0.1, 0.15) is 16.7 Å². The van der Waals surface area contributed by atoms with E-state index in [9.17, 15) is 10.1 Å². The van der Waals surface area contributed by atoms with Gasteiger partial charge in [0.1, 0.15) is 5.69 Å². The van der Waals surface area contributed by atoms with Crippen molar-refractivity contribution in [3.8, 4) is 0 Å². The molecular formula is C16H18N2O3. The Labute approximate surface area is 123 Å². The van der Waals surface area contributed by atoms with E-state index in [0.29, 0.717) is 18.8 Å². The number of hydrogen-bond acceptors (Lipinski definition) is 4. The quantitative estimate of drug-likeness (QED) is 0.650. The molecule has 0 aliphatic heterocycles. The van der Waals surface area contributed by atoms with E-state index >= 15 is 0 Å². The average molecular weight is 286 g/mol. The zero-order chi connectivity index (χ0) is 15.2. The van der Waals surface area contributed by atoms with E-state index < -0.39 is 0 Å². The van der Waals surface area contributed by atoms with Gasteiger partial charge < -0.3 is 10.1 Å². The monoisotopic (exact) mass is 286 g/mol. The first-order valence-corrected chi connectivity index (χ1v) is 6.66. The Morgan fingerprint density at radius 1 is 1.19 bits per heavy atom. The molecule has 5 nitrogen and oxygen atoms in total. The van der Waals surface area contributed by atoms with Gasteiger partial charge in [-0.25, -0.2) is 0 Å². The van der Waals surface area contributed by atoms with Crippen molar-refractivity contribution < 1.29 is 9.66 Å². The van der Waals surface area contributed by atoms with Crippen molar-refractivity contribution in [1.29, 1.82) is 0 Å². The van der Waals surface area contributed by atoms with Crippen LogP contribution in [0.25, 0.3) is 0 Å². The van der Waals surface area contributed by atoms with E-state index in [1.165, 1.54) is 6.07 Å². The van der Waals surface area contributed by atoms with Crippen LogP contribution in [0.5, 0.6) is 0 Å². The molecule has 0 aromatic heterocycles. The first kappa shape index (κ1) is 15.0. The first-order chi connectivity index (χ1) is 10.1. The second-order valence-electron chi connectivity index (χ2n) is 4.83. The zero-order valence-electron chi connectivity index (χ0n) is 12.1. The summed E-state index contributed by atoms with van der Waals surface area (Å²) in [6.07, 6.45) is 0. The van der Waals surface area contributed by atoms with E-state index in [2.05, 4.69) is 5.32 Å². The molecule has 110 valence electrons. The maximum Gasteiger partial charge on any atom is 0.292 e. The van der Waals surface area contributed by atoms with E-state index in [1.807, 2.05) is 37.3 Å². The molecule has 0 bridgehead atoms. The van der Waals surface area contributed by atoms with Crippen LogP contribution < -0.4 is 5.32 Å². The molecule has 0 spiro atoms. The number of anilines is 1. The molecule has 0 atom stereocenters. The second-order valence-corrected chi connectivity index (χ2v) is 4.83. The number of nitrogens with zero attached hydrogens (tertiary/aromatic N) is 1. The van der Waals surface area contributed by atoms with Crippen molar-refractivity contribution in [3.05, 3.63) is 69.3 Å². The summed E-state index contributed by atoms with van der Waals surface area (Å²) in [6.45, 7) is 2.94. The Morgan fingerprint density at radius 2 is 1.90 bits per heavy atom. The SMILES string of the molecule is COCc1cccc(CNc2c(C)cccc2[N+](=O)[O-])c1. The van der Waals surface area contributed by atoms with E-state index in [4.69, 9.17) is 4.74 Å². The summed E-state index contributed by atoms with van der Waals surface area (Å²) in [4.78, 5) is 10.7. The lowest BCUT2D eigenvalue weighted by Crippen LogP contribution is -2.04. The minimum absolute atomic E-state index is 0.100. The number of ether oxygens (including phenoxy) is 1. The van der Waals surface area contributed by atoms with Gasteiger partial charge in [-0.2, -0.15) is 0 Å². The standard InChI is InChI=1S/C16H18N2O3/c1-12-5-3-8-15(18(19)20)16(12)17-10-13-6-4-7-14(9-13)11-21-2/h3-9,17H,10-11H2,1-2H3. The Bertz CT molecular complexity index is 641. The van der Waals surface area contributed by atoms with Crippen LogP contribution in [0.2, 0.25) is 0 Å². The number of nitrogens with one attached hydrogen (secondary N) is 1. The maximum absolute atomic E-state index is 11.1. The van der Waals surface area contributed by atoms with Gasteiger partial charge in [0.05, 0.1) is 11.5 Å². The molecular weight excluding hydrogens is 268 g/mol. The number of nitro groups is 1. The van der Waals surface area contributed by atoms with Crippen LogP contribution in [0.3, 0.4) is 0 Å². The van der Waals surface area contributed by atoms with Gasteiger partial charge in [-0.1, -0.05) is 36.4 Å². The molecule has 0 aliphatic carbocycles. The third-order valence-corrected chi connectivity index (χ3v) is 3.22. The summed E-state index contributed by atoms with van der Waals surface area (Å²) >= 11 is 0. The number of para-hydroxylation sites is 1. The summed E-state index contributed by atoms with van der Waals surface area (Å²) in [7, 11) is 1.65. The van der Waals surface area contributed by atoms with Gasteiger partial charge in [0.15, 0.2) is 0 Å². The fourth-order valence-electron chi connectivity index (χ4n) is 2.22. The summed E-state index contributed by atoms with van der Waals surface area (Å²) in [5.41, 5.74) is 3.66. The second kappa shape index (κ2) is 6.85. The molecule has 0 radical (unpaired) electrons. The van der Waals surface area contributed by atoms with Gasteiger partial charge in [0.25, 0.3) is 5.69 Å². The fraction of sp³-hybridized carbons (Fsp3) is 0.250. The fourth-order valence-corrected chi connectivity index (χ4v) is 2.22. The molecule has 0 saturated carbocycles. The number of methoxy groups -OCH3 is 1. The molecule has 0 saturated heterocycles. The van der Waals surface area contributed by atoms with Crippen LogP contribution in [0.15, 0.2) is 42.5 Å². The molecule has 0 amide bonds. The Morgan fingerprint density at radius 3 is 2.62 bits per heavy atom. The van der Waals surface area contributed by atoms with Gasteiger partial charge >= 0.3 is 0 Å². The number of aryl methyl sites for hydroxylation is 1. The number of rotatable bonds is 6. The lowest BCUT2D eigenvalue weighted by molar-refractivity contribution is -0.384. The van der Waals surface area contributed by atoms with Crippen molar-refractivity contribution in [2.45, 2.75) is 20.1 Å². The van der Waals surface area contributed by atoms with Crippen LogP contribution >= 0.6 is 0 Å². The minimum atomic E-state index is -0.364. The Hall–Kier alpha value is -2.40. The highest BCUT2D eigenvalue weighted by Crippen LogP contribution is 2.28. The minimum Gasteiger partial charge on any atom is -0.380 e. The topological polar surface area (TPSA) is 64.4 Å². The molecule has 2 rings (SSSR count). The van der Waals surface area contributed by atoms with Gasteiger partial charge in [-0.3, -0.25) is 10.1 Å². The highest BCUT2D eigenvalue weighted by Gasteiger charge is 2.14. The molecule has 0 fully saturated rings. The van der Waals surface area contributed by atoms with Crippen molar-refractivity contribution in [2.75, 3.05) is 12.4 Å². The zero-order valence-corrected chi connectivity index (χ0v) is 12.1. The normalized spacial score (nSPS) is 10.4. The maximum atomic E-state index is 11.1. The molecule has 1 N–H and O–H groups in total. The van der Waals surface area contributed by atoms with Crippen LogP contribution in [-0.2, 0) is 17.9 Å². The van der Waals surface area contributed by atoms with E-state index in [1.54, 1.807) is 13.2 Å². The third kappa shape index (κ3) is 3.79. The lowest BCUT2D eigenvalue weighted by atomic mass is 10.1. The van der Waals surface area contributed by atoms with Gasteiger partial charge in [0, 0.05) is 19.7 Å². The Kier molecular flexibility index (Phi) is 4.90. The van der Waals surface area contributed by atoms with Crippen molar-refractivity contribution in [3.63, 3.8) is 0 Å². The molecule has 21 heavy (non-hydrogen) atoms. The molecule has 0 aliphatic rings. The summed E-state index contributed by atoms with van der Waals surface area (Å²) < 4.78 is 5.11. The number of hydrogen-bond donors (Lipinski definition) is 1. The summed E-state index contributed by atoms with van der Waals surface area (Å²) in [6, 6.07) is 13.0. The highest BCUT2D eigenvalue weighted by atomic mass is 16.6. The van der Waals surface area contributed by atoms with Gasteiger partial charge in [-0.05, 0) is 23.6 Å². The van der Waals surface area contributed by atoms with Gasteiger partial charge in [0.2, 0.25) is 0 Å². The number of nitro benzene ring substituents is 1. The summed E-state index contributed by atoms with van der Waals surface area (Å²) in [5.74, 6) is 0. The highest BCUT2D eigenvalue weighted by molar-refractivity contribution is 5.66. The van der Waals surface area contributed by atoms with Crippen molar-refractivity contribution >= 4 is 11.4 Å². The van der Waals surface area contributed by atoms with E-state index in [-0.39, 0.29) is 10.6 Å². The van der Waals surface area contributed by atoms with Crippen LogP contribution in [0.4, 0.5) is 11.4 Å². The first-order valence-electron chi connectivity index (χ1n) is 6.66. The smallest absolute Gasteiger partial charge is 0.292 e. The predicted octanol–water partition coefficient (Wildman–Crippen LogP) is 3.66. The van der Waals surface area contributed by atoms with Crippen LogP contribution in [-0.4, -0.2) is 12.0 Å². The number of benzene rings is 2. The lowest BCUT2D eigenvalue weighted by Gasteiger charge is -2.11. The van der Waals surface area contributed by atoms with E-state index in [0.717, 1.165) is 16.7 Å². The van der Waals surface area contributed by atoms with Gasteiger partial charge in [-0.15, -0.1) is 0 Å². The molecule has 5 heteroatoms. The average Bonchev–Trinajstić information content (AvgIpc) is 2.46. The predicted molar refractivity (Wildman–Crippen MR) is 82.3 cm³/mol. The largest absolute Gasteiger partial charge is 0.380 e. The van der Waals surface area contributed by atoms with Crippen molar-refractivity contribution in [1.82, 2.24) is 0 Å². The third-order valence-electron chi connectivity index (χ3n) is 3.22. The molecule has 0 unspecified atom stereocenters. The van der Waals surface area contributed by atoms with Crippen molar-refractivity contribution in [2.24, 2.45) is 0 Å². The molecule has 2 aromatic rings. The molecule has 2 aromatic carbocycles. The molecule has 0 heterocycles. The summed E-state index contributed by atoms with van der Waals surface area (Å²) in [5, 5.41) is 14.2. The Balaban J connectivity index is 2.16.